The van der Waals surface area contributed by atoms with E-state index in [0.29, 0.717) is 4.88 Å². The Labute approximate surface area is 157 Å². The van der Waals surface area contributed by atoms with Crippen LogP contribution in [0.15, 0.2) is 24.3 Å². The molecule has 1 aliphatic rings. The number of thiophene rings is 1. The Balaban J connectivity index is 1.71. The summed E-state index contributed by atoms with van der Waals surface area (Å²) >= 11 is 1.42. The molecule has 0 spiro atoms. The number of hydrogen-bond acceptors (Lipinski definition) is 5. The molecule has 0 bridgehead atoms. The summed E-state index contributed by atoms with van der Waals surface area (Å²) in [5.41, 5.74) is 3.53. The molecule has 0 unspecified atom stereocenters. The molecule has 0 saturated heterocycles. The first kappa shape index (κ1) is 18.5. The van der Waals surface area contributed by atoms with Crippen LogP contribution in [-0.4, -0.2) is 31.6 Å². The number of amides is 1. The van der Waals surface area contributed by atoms with Gasteiger partial charge in [0, 0.05) is 10.9 Å². The van der Waals surface area contributed by atoms with Gasteiger partial charge in [-0.15, -0.1) is 11.3 Å². The number of carbonyl (C=O) groups is 2. The summed E-state index contributed by atoms with van der Waals surface area (Å²) in [6, 6.07) is 7.99. The number of rotatable bonds is 6. The number of aryl methyl sites for hydroxylation is 2. The molecular weight excluding hydrogens is 350 g/mol. The summed E-state index contributed by atoms with van der Waals surface area (Å²) < 4.78 is 10.5. The molecule has 1 heterocycles. The summed E-state index contributed by atoms with van der Waals surface area (Å²) in [6.45, 7) is 3.65. The minimum atomic E-state index is -0.446. The smallest absolute Gasteiger partial charge is 0.348 e. The highest BCUT2D eigenvalue weighted by molar-refractivity contribution is 7.17. The van der Waals surface area contributed by atoms with Gasteiger partial charge in [-0.05, 0) is 67.1 Å². The van der Waals surface area contributed by atoms with E-state index in [1.807, 2.05) is 32.0 Å². The second-order valence-corrected chi connectivity index (χ2v) is 7.49. The van der Waals surface area contributed by atoms with Crippen molar-refractivity contribution in [1.82, 2.24) is 5.32 Å². The summed E-state index contributed by atoms with van der Waals surface area (Å²) in [4.78, 5) is 25.7. The van der Waals surface area contributed by atoms with Gasteiger partial charge in [0.15, 0.2) is 6.61 Å². The van der Waals surface area contributed by atoms with Crippen LogP contribution in [0.2, 0.25) is 0 Å². The number of esters is 1. The van der Waals surface area contributed by atoms with Gasteiger partial charge in [-0.1, -0.05) is 6.92 Å². The zero-order chi connectivity index (χ0) is 18.7. The first-order chi connectivity index (χ1) is 12.5. The number of fused-ring (bicyclic) bond motifs is 3. The lowest BCUT2D eigenvalue weighted by atomic mass is 9.91. The van der Waals surface area contributed by atoms with Crippen LogP contribution in [0.1, 0.15) is 41.1 Å². The number of ether oxygens (including phenoxy) is 2. The minimum Gasteiger partial charge on any atom is -0.497 e. The van der Waals surface area contributed by atoms with E-state index in [0.717, 1.165) is 41.0 Å². The molecule has 138 valence electrons. The Bertz CT molecular complexity index is 827. The van der Waals surface area contributed by atoms with Crippen LogP contribution in [0, 0.1) is 0 Å². The van der Waals surface area contributed by atoms with E-state index >= 15 is 0 Å². The van der Waals surface area contributed by atoms with Crippen molar-refractivity contribution < 1.29 is 19.1 Å². The van der Waals surface area contributed by atoms with Crippen molar-refractivity contribution in [2.45, 2.75) is 39.2 Å². The number of carbonyl (C=O) groups excluding carboxylic acids is 2. The van der Waals surface area contributed by atoms with Gasteiger partial charge in [-0.2, -0.15) is 0 Å². The summed E-state index contributed by atoms with van der Waals surface area (Å²) in [6.07, 6.45) is 2.64. The van der Waals surface area contributed by atoms with E-state index in [9.17, 15) is 9.59 Å². The summed E-state index contributed by atoms with van der Waals surface area (Å²) in [5.74, 6) is 0.126. The third-order valence-electron chi connectivity index (χ3n) is 4.59. The third-order valence-corrected chi connectivity index (χ3v) is 5.78. The van der Waals surface area contributed by atoms with Crippen LogP contribution in [0.5, 0.6) is 5.75 Å². The Kier molecular flexibility index (Phi) is 5.61. The van der Waals surface area contributed by atoms with E-state index in [2.05, 4.69) is 11.4 Å². The lowest BCUT2D eigenvalue weighted by molar-refractivity contribution is -0.124. The number of methoxy groups -OCH3 is 1. The van der Waals surface area contributed by atoms with Gasteiger partial charge in [0.25, 0.3) is 5.91 Å². The van der Waals surface area contributed by atoms with Crippen molar-refractivity contribution in [3.8, 4) is 16.2 Å². The molecule has 0 aliphatic heterocycles. The molecule has 6 heteroatoms. The Morgan fingerprint density at radius 1 is 1.23 bits per heavy atom. The molecule has 1 aromatic carbocycles. The minimum absolute atomic E-state index is 0.0729. The van der Waals surface area contributed by atoms with Crippen molar-refractivity contribution in [1.29, 1.82) is 0 Å². The lowest BCUT2D eigenvalue weighted by Gasteiger charge is -2.16. The fraction of sp³-hybridized carbons (Fsp3) is 0.400. The Morgan fingerprint density at radius 3 is 2.73 bits per heavy atom. The maximum absolute atomic E-state index is 12.3. The highest BCUT2D eigenvalue weighted by Crippen LogP contribution is 2.40. The molecule has 0 saturated carbocycles. The molecule has 26 heavy (non-hydrogen) atoms. The maximum Gasteiger partial charge on any atom is 0.348 e. The van der Waals surface area contributed by atoms with Gasteiger partial charge in [0.1, 0.15) is 10.6 Å². The molecule has 0 fully saturated rings. The standard InChI is InChI=1S/C20H23NO4S/c1-4-12(2)21-18(22)11-25-20(23)17-10-14-6-5-13-9-15(24-3)7-8-16(13)19(14)26-17/h7-10,12H,4-6,11H2,1-3H3,(H,21,22)/t12-/m1/s1. The highest BCUT2D eigenvalue weighted by Gasteiger charge is 2.23. The molecule has 0 radical (unpaired) electrons. The second-order valence-electron chi connectivity index (χ2n) is 6.44. The fourth-order valence-corrected chi connectivity index (χ4v) is 4.12. The molecular formula is C20H23NO4S. The maximum atomic E-state index is 12.3. The van der Waals surface area contributed by atoms with E-state index in [1.54, 1.807) is 7.11 Å². The van der Waals surface area contributed by atoms with Gasteiger partial charge < -0.3 is 14.8 Å². The molecule has 5 nitrogen and oxygen atoms in total. The average Bonchev–Trinajstić information content (AvgIpc) is 3.10. The Morgan fingerprint density at radius 2 is 2.00 bits per heavy atom. The first-order valence-electron chi connectivity index (χ1n) is 8.78. The zero-order valence-corrected chi connectivity index (χ0v) is 16.1. The number of benzene rings is 1. The van der Waals surface area contributed by atoms with Gasteiger partial charge in [-0.25, -0.2) is 4.79 Å². The third kappa shape index (κ3) is 3.90. The van der Waals surface area contributed by atoms with E-state index in [-0.39, 0.29) is 18.6 Å². The molecule has 1 N–H and O–H groups in total. The van der Waals surface area contributed by atoms with Crippen molar-refractivity contribution in [2.24, 2.45) is 0 Å². The van der Waals surface area contributed by atoms with Crippen molar-refractivity contribution in [3.63, 3.8) is 0 Å². The van der Waals surface area contributed by atoms with E-state index in [1.165, 1.54) is 16.9 Å². The lowest BCUT2D eigenvalue weighted by Crippen LogP contribution is -2.35. The monoisotopic (exact) mass is 373 g/mol. The quantitative estimate of drug-likeness (QED) is 0.786. The van der Waals surface area contributed by atoms with Crippen LogP contribution < -0.4 is 10.1 Å². The van der Waals surface area contributed by atoms with Crippen LogP contribution in [-0.2, 0) is 22.4 Å². The normalized spacial score (nSPS) is 13.3. The predicted molar refractivity (Wildman–Crippen MR) is 102 cm³/mol. The van der Waals surface area contributed by atoms with E-state index in [4.69, 9.17) is 9.47 Å². The van der Waals surface area contributed by atoms with Gasteiger partial charge in [0.05, 0.1) is 7.11 Å². The molecule has 1 atom stereocenters. The van der Waals surface area contributed by atoms with Crippen LogP contribution in [0.4, 0.5) is 0 Å². The molecule has 3 rings (SSSR count). The second kappa shape index (κ2) is 7.91. The van der Waals surface area contributed by atoms with Gasteiger partial charge in [-0.3, -0.25) is 4.79 Å². The van der Waals surface area contributed by atoms with Crippen molar-refractivity contribution in [3.05, 3.63) is 40.3 Å². The predicted octanol–water partition coefficient (Wildman–Crippen LogP) is 3.59. The number of nitrogens with one attached hydrogen (secondary N) is 1. The zero-order valence-electron chi connectivity index (χ0n) is 15.3. The van der Waals surface area contributed by atoms with Gasteiger partial charge >= 0.3 is 5.97 Å². The van der Waals surface area contributed by atoms with Gasteiger partial charge in [0.2, 0.25) is 0 Å². The Hall–Kier alpha value is -2.34. The largest absolute Gasteiger partial charge is 0.497 e. The highest BCUT2D eigenvalue weighted by atomic mass is 32.1. The summed E-state index contributed by atoms with van der Waals surface area (Å²) in [7, 11) is 1.66. The van der Waals surface area contributed by atoms with Crippen molar-refractivity contribution in [2.75, 3.05) is 13.7 Å². The van der Waals surface area contributed by atoms with Crippen LogP contribution in [0.25, 0.3) is 10.4 Å². The van der Waals surface area contributed by atoms with Crippen LogP contribution in [0.3, 0.4) is 0 Å². The molecule has 2 aromatic rings. The molecule has 1 amide bonds. The van der Waals surface area contributed by atoms with Crippen LogP contribution >= 0.6 is 11.3 Å². The van der Waals surface area contributed by atoms with Crippen molar-refractivity contribution >= 4 is 23.2 Å². The molecule has 1 aromatic heterocycles. The average molecular weight is 373 g/mol. The first-order valence-corrected chi connectivity index (χ1v) is 9.60. The van der Waals surface area contributed by atoms with E-state index < -0.39 is 5.97 Å². The molecule has 1 aliphatic carbocycles. The topological polar surface area (TPSA) is 64.6 Å². The SMILES string of the molecule is CC[C@@H](C)NC(=O)COC(=O)c1cc2c(s1)-c1ccc(OC)cc1CC2. The number of hydrogen-bond donors (Lipinski definition) is 1. The summed E-state index contributed by atoms with van der Waals surface area (Å²) in [5, 5.41) is 2.78. The fourth-order valence-electron chi connectivity index (χ4n) is 2.96.